The normalized spacial score (nSPS) is 24.9. The highest BCUT2D eigenvalue weighted by Gasteiger charge is 2.55. The highest BCUT2D eigenvalue weighted by Crippen LogP contribution is 2.38. The van der Waals surface area contributed by atoms with Gasteiger partial charge in [-0.3, -0.25) is 14.5 Å². The van der Waals surface area contributed by atoms with Gasteiger partial charge in [-0.2, -0.15) is 0 Å². The molecule has 1 aromatic carbocycles. The Balaban J connectivity index is 1.42. The predicted molar refractivity (Wildman–Crippen MR) is 103 cm³/mol. The molecule has 6 heteroatoms. The highest BCUT2D eigenvalue weighted by atomic mass is 16.2. The van der Waals surface area contributed by atoms with Crippen molar-refractivity contribution in [3.8, 4) is 0 Å². The number of rotatable bonds is 7. The van der Waals surface area contributed by atoms with Gasteiger partial charge < -0.3 is 10.6 Å². The lowest BCUT2D eigenvalue weighted by atomic mass is 9.73. The number of amides is 4. The van der Waals surface area contributed by atoms with Crippen LogP contribution in [-0.4, -0.2) is 41.4 Å². The van der Waals surface area contributed by atoms with E-state index in [0.29, 0.717) is 13.0 Å². The summed E-state index contributed by atoms with van der Waals surface area (Å²) in [6.07, 6.45) is 6.41. The first-order valence-electron chi connectivity index (χ1n) is 9.97. The van der Waals surface area contributed by atoms with Crippen molar-refractivity contribution in [2.24, 2.45) is 5.92 Å². The molecule has 1 aliphatic heterocycles. The van der Waals surface area contributed by atoms with Crippen molar-refractivity contribution in [3.63, 3.8) is 0 Å². The van der Waals surface area contributed by atoms with Crippen molar-refractivity contribution in [2.45, 2.75) is 57.4 Å². The van der Waals surface area contributed by atoms with E-state index >= 15 is 0 Å². The maximum Gasteiger partial charge on any atom is 0.325 e. The Morgan fingerprint density at radius 2 is 2.00 bits per heavy atom. The minimum atomic E-state index is -0.800. The van der Waals surface area contributed by atoms with E-state index in [-0.39, 0.29) is 24.3 Å². The standard InChI is InChI=1S/C21H29N3O3/c1-16-9-5-7-13-21(16)19(26)24(20(27)23-21)15-18(25)22-14-8-6-12-17-10-3-2-4-11-17/h2-4,10-11,16H,5-9,12-15H2,1H3,(H,22,25)(H,23,27)/t16-,21-/m0/s1. The summed E-state index contributed by atoms with van der Waals surface area (Å²) in [5.74, 6) is -0.411. The number of imide groups is 1. The Bertz CT molecular complexity index is 691. The number of nitrogens with zero attached hydrogens (tertiary/aromatic N) is 1. The molecule has 27 heavy (non-hydrogen) atoms. The molecule has 0 radical (unpaired) electrons. The van der Waals surface area contributed by atoms with Crippen LogP contribution in [0.4, 0.5) is 4.79 Å². The van der Waals surface area contributed by atoms with Crippen LogP contribution < -0.4 is 10.6 Å². The molecular weight excluding hydrogens is 342 g/mol. The second-order valence-corrected chi connectivity index (χ2v) is 7.73. The quantitative estimate of drug-likeness (QED) is 0.571. The Kier molecular flexibility index (Phi) is 6.14. The number of urea groups is 1. The molecule has 2 atom stereocenters. The van der Waals surface area contributed by atoms with Gasteiger partial charge >= 0.3 is 6.03 Å². The topological polar surface area (TPSA) is 78.5 Å². The van der Waals surface area contributed by atoms with Gasteiger partial charge in [-0.05, 0) is 43.6 Å². The molecule has 1 saturated heterocycles. The fourth-order valence-corrected chi connectivity index (χ4v) is 4.17. The summed E-state index contributed by atoms with van der Waals surface area (Å²) in [4.78, 5) is 38.4. The van der Waals surface area contributed by atoms with Crippen LogP contribution in [0.1, 0.15) is 51.0 Å². The molecule has 1 aromatic rings. The zero-order chi connectivity index (χ0) is 19.3. The molecule has 2 fully saturated rings. The summed E-state index contributed by atoms with van der Waals surface area (Å²) >= 11 is 0. The van der Waals surface area contributed by atoms with Crippen LogP contribution in [0.2, 0.25) is 0 Å². The van der Waals surface area contributed by atoms with E-state index in [1.165, 1.54) is 5.56 Å². The number of hydrogen-bond donors (Lipinski definition) is 2. The van der Waals surface area contributed by atoms with E-state index in [4.69, 9.17) is 0 Å². The number of unbranched alkanes of at least 4 members (excludes halogenated alkanes) is 1. The van der Waals surface area contributed by atoms with Gasteiger partial charge in [0.1, 0.15) is 12.1 Å². The zero-order valence-electron chi connectivity index (χ0n) is 16.0. The third-order valence-corrected chi connectivity index (χ3v) is 5.86. The third-order valence-electron chi connectivity index (χ3n) is 5.86. The Labute approximate surface area is 160 Å². The number of carbonyl (C=O) groups excluding carboxylic acids is 3. The van der Waals surface area contributed by atoms with Gasteiger partial charge in [-0.1, -0.05) is 50.1 Å². The summed E-state index contributed by atoms with van der Waals surface area (Å²) in [6, 6.07) is 9.80. The molecule has 4 amide bonds. The van der Waals surface area contributed by atoms with Crippen LogP contribution in [-0.2, 0) is 16.0 Å². The van der Waals surface area contributed by atoms with Crippen LogP contribution >= 0.6 is 0 Å². The van der Waals surface area contributed by atoms with Gasteiger partial charge in [0, 0.05) is 6.54 Å². The summed E-state index contributed by atoms with van der Waals surface area (Å²) < 4.78 is 0. The van der Waals surface area contributed by atoms with Crippen molar-refractivity contribution in [1.82, 2.24) is 15.5 Å². The molecule has 3 rings (SSSR count). The largest absolute Gasteiger partial charge is 0.355 e. The first kappa shape index (κ1) is 19.4. The van der Waals surface area contributed by atoms with E-state index in [9.17, 15) is 14.4 Å². The summed E-state index contributed by atoms with van der Waals surface area (Å²) in [5.41, 5.74) is 0.487. The van der Waals surface area contributed by atoms with Gasteiger partial charge in [-0.25, -0.2) is 4.79 Å². The van der Waals surface area contributed by atoms with E-state index in [1.54, 1.807) is 0 Å². The fourth-order valence-electron chi connectivity index (χ4n) is 4.17. The smallest absolute Gasteiger partial charge is 0.325 e. The number of aryl methyl sites for hydroxylation is 1. The van der Waals surface area contributed by atoms with Gasteiger partial charge in [0.2, 0.25) is 5.91 Å². The minimum absolute atomic E-state index is 0.105. The Hall–Kier alpha value is -2.37. The molecule has 0 bridgehead atoms. The second-order valence-electron chi connectivity index (χ2n) is 7.73. The molecule has 0 unspecified atom stereocenters. The van der Waals surface area contributed by atoms with E-state index in [0.717, 1.165) is 43.4 Å². The molecule has 1 saturated carbocycles. The van der Waals surface area contributed by atoms with Gasteiger partial charge in [0.05, 0.1) is 0 Å². The second kappa shape index (κ2) is 8.55. The van der Waals surface area contributed by atoms with Gasteiger partial charge in [-0.15, -0.1) is 0 Å². The first-order valence-corrected chi connectivity index (χ1v) is 9.97. The average molecular weight is 371 g/mol. The molecule has 6 nitrogen and oxygen atoms in total. The van der Waals surface area contributed by atoms with E-state index in [1.807, 2.05) is 25.1 Å². The zero-order valence-corrected chi connectivity index (χ0v) is 16.0. The van der Waals surface area contributed by atoms with Gasteiger partial charge in [0.25, 0.3) is 5.91 Å². The number of benzene rings is 1. The van der Waals surface area contributed by atoms with E-state index < -0.39 is 11.6 Å². The Morgan fingerprint density at radius 3 is 2.74 bits per heavy atom. The van der Waals surface area contributed by atoms with Crippen molar-refractivity contribution in [3.05, 3.63) is 35.9 Å². The molecule has 2 aliphatic rings. The summed E-state index contributed by atoms with van der Waals surface area (Å²) in [6.45, 7) is 2.36. The van der Waals surface area contributed by atoms with Crippen molar-refractivity contribution >= 4 is 17.8 Å². The van der Waals surface area contributed by atoms with Crippen molar-refractivity contribution in [1.29, 1.82) is 0 Å². The van der Waals surface area contributed by atoms with E-state index in [2.05, 4.69) is 22.8 Å². The number of nitrogens with one attached hydrogen (secondary N) is 2. The number of carbonyl (C=O) groups is 3. The third kappa shape index (κ3) is 4.31. The molecule has 1 heterocycles. The Morgan fingerprint density at radius 1 is 1.22 bits per heavy atom. The van der Waals surface area contributed by atoms with Gasteiger partial charge in [0.15, 0.2) is 0 Å². The lowest BCUT2D eigenvalue weighted by Gasteiger charge is -2.36. The molecule has 1 spiro atoms. The van der Waals surface area contributed by atoms with Crippen LogP contribution in [0.5, 0.6) is 0 Å². The van der Waals surface area contributed by atoms with Crippen LogP contribution in [0.15, 0.2) is 30.3 Å². The maximum absolute atomic E-state index is 12.8. The van der Waals surface area contributed by atoms with Crippen LogP contribution in [0, 0.1) is 5.92 Å². The van der Waals surface area contributed by atoms with Crippen molar-refractivity contribution < 1.29 is 14.4 Å². The lowest BCUT2D eigenvalue weighted by Crippen LogP contribution is -2.54. The molecule has 1 aliphatic carbocycles. The lowest BCUT2D eigenvalue weighted by molar-refractivity contribution is -0.137. The summed E-state index contributed by atoms with van der Waals surface area (Å²) in [5, 5.41) is 5.70. The molecule has 0 aromatic heterocycles. The van der Waals surface area contributed by atoms with Crippen molar-refractivity contribution in [2.75, 3.05) is 13.1 Å². The molecular formula is C21H29N3O3. The van der Waals surface area contributed by atoms with Crippen LogP contribution in [0.3, 0.4) is 0 Å². The molecule has 146 valence electrons. The average Bonchev–Trinajstić information content (AvgIpc) is 2.90. The van der Waals surface area contributed by atoms with Crippen LogP contribution in [0.25, 0.3) is 0 Å². The predicted octanol–water partition coefficient (Wildman–Crippen LogP) is 2.63. The maximum atomic E-state index is 12.8. The fraction of sp³-hybridized carbons (Fsp3) is 0.571. The monoisotopic (exact) mass is 371 g/mol. The first-order chi connectivity index (χ1) is 13.0. The highest BCUT2D eigenvalue weighted by molar-refractivity contribution is 6.09. The SMILES string of the molecule is C[C@H]1CCCC[C@]12NC(=O)N(CC(=O)NCCCCc1ccccc1)C2=O. The minimum Gasteiger partial charge on any atom is -0.355 e. The summed E-state index contributed by atoms with van der Waals surface area (Å²) in [7, 11) is 0. The molecule has 2 N–H and O–H groups in total. The number of hydrogen-bond acceptors (Lipinski definition) is 3.